The molecule has 126 valence electrons. The van der Waals surface area contributed by atoms with Gasteiger partial charge in [-0.1, -0.05) is 48.0 Å². The highest BCUT2D eigenvalue weighted by Crippen LogP contribution is 2.53. The van der Waals surface area contributed by atoms with Gasteiger partial charge < -0.3 is 8.92 Å². The molecule has 3 heteroatoms. The van der Waals surface area contributed by atoms with E-state index in [0.717, 1.165) is 26.1 Å². The monoisotopic (exact) mass is 340 g/mol. The molecule has 3 aliphatic rings. The Morgan fingerprint density at radius 3 is 2.29 bits per heavy atom. The van der Waals surface area contributed by atoms with Crippen molar-refractivity contribution in [2.75, 3.05) is 13.2 Å². The summed E-state index contributed by atoms with van der Waals surface area (Å²) < 4.78 is 12.4. The fraction of sp³-hybridized carbons (Fsp3) is 0.429. The first kappa shape index (κ1) is 16.2. The molecule has 5 rings (SSSR count). The first-order valence-corrected chi connectivity index (χ1v) is 9.50. The van der Waals surface area contributed by atoms with Crippen molar-refractivity contribution in [1.82, 2.24) is 0 Å². The molecule has 2 heterocycles. The smallest absolute Gasteiger partial charge is 0.0932 e. The molecule has 0 aromatic heterocycles. The van der Waals surface area contributed by atoms with E-state index in [1.807, 2.05) is 0 Å². The van der Waals surface area contributed by atoms with Crippen molar-refractivity contribution in [3.8, 4) is 0 Å². The molecular weight excluding hydrogens is 316 g/mol. The molecule has 24 heavy (non-hydrogen) atoms. The third-order valence-corrected chi connectivity index (χ3v) is 6.31. The van der Waals surface area contributed by atoms with Crippen molar-refractivity contribution in [2.45, 2.75) is 43.1 Å². The van der Waals surface area contributed by atoms with Crippen LogP contribution in [0.1, 0.15) is 36.8 Å². The van der Waals surface area contributed by atoms with Gasteiger partial charge >= 0.3 is 0 Å². The number of fused-ring (bicyclic) bond motifs is 3. The average molecular weight is 340 g/mol. The molecule has 3 fully saturated rings. The van der Waals surface area contributed by atoms with E-state index in [2.05, 4.69) is 61.5 Å². The summed E-state index contributed by atoms with van der Waals surface area (Å²) in [5, 5.41) is 0. The Bertz CT molecular complexity index is 656. The van der Waals surface area contributed by atoms with Crippen molar-refractivity contribution >= 4 is 12.0 Å². The van der Waals surface area contributed by atoms with Gasteiger partial charge in [-0.25, -0.2) is 0 Å². The van der Waals surface area contributed by atoms with Crippen LogP contribution < -0.4 is 0 Å². The lowest BCUT2D eigenvalue weighted by atomic mass is 9.64. The minimum absolute atomic E-state index is 0.0485. The second-order valence-electron chi connectivity index (χ2n) is 7.31. The standard InChI is InChI=1S/C21H24O2S/c1-17-7-9-19(10-8-17)24-23-16-20-11-13-21(14-12-20,22-15-20)18-5-3-2-4-6-18/h2-10H,11-16H2,1H3. The van der Waals surface area contributed by atoms with Gasteiger partial charge in [-0.2, -0.15) is 0 Å². The minimum Gasteiger partial charge on any atom is -0.370 e. The molecule has 2 aromatic rings. The summed E-state index contributed by atoms with van der Waals surface area (Å²) in [6.45, 7) is 3.70. The quantitative estimate of drug-likeness (QED) is 0.669. The Balaban J connectivity index is 1.35. The second kappa shape index (κ2) is 6.55. The van der Waals surface area contributed by atoms with Crippen LogP contribution in [-0.2, 0) is 14.5 Å². The second-order valence-corrected chi connectivity index (χ2v) is 8.18. The van der Waals surface area contributed by atoms with E-state index < -0.39 is 0 Å². The van der Waals surface area contributed by atoms with Crippen LogP contribution in [-0.4, -0.2) is 13.2 Å². The van der Waals surface area contributed by atoms with Gasteiger partial charge in [0.05, 0.1) is 18.8 Å². The molecule has 0 N–H and O–H groups in total. The van der Waals surface area contributed by atoms with E-state index in [0.29, 0.717) is 0 Å². The zero-order valence-corrected chi connectivity index (χ0v) is 15.0. The first-order valence-electron chi connectivity index (χ1n) is 8.76. The molecule has 0 spiro atoms. The number of hydrogen-bond donors (Lipinski definition) is 0. The highest BCUT2D eigenvalue weighted by molar-refractivity contribution is 7.94. The predicted molar refractivity (Wildman–Crippen MR) is 98.0 cm³/mol. The fourth-order valence-corrected chi connectivity index (χ4v) is 4.57. The van der Waals surface area contributed by atoms with E-state index in [-0.39, 0.29) is 11.0 Å². The third-order valence-electron chi connectivity index (χ3n) is 5.61. The highest BCUT2D eigenvalue weighted by atomic mass is 32.2. The minimum atomic E-state index is -0.0485. The summed E-state index contributed by atoms with van der Waals surface area (Å²) in [4.78, 5) is 1.17. The van der Waals surface area contributed by atoms with Gasteiger partial charge in [-0.05, 0) is 50.3 Å². The lowest BCUT2D eigenvalue weighted by Gasteiger charge is -2.53. The van der Waals surface area contributed by atoms with Crippen molar-refractivity contribution in [2.24, 2.45) is 5.41 Å². The van der Waals surface area contributed by atoms with Crippen molar-refractivity contribution in [3.05, 3.63) is 65.7 Å². The maximum Gasteiger partial charge on any atom is 0.0932 e. The maximum atomic E-state index is 6.38. The molecule has 2 aromatic carbocycles. The Morgan fingerprint density at radius 1 is 0.958 bits per heavy atom. The van der Waals surface area contributed by atoms with Crippen molar-refractivity contribution < 1.29 is 8.92 Å². The van der Waals surface area contributed by atoms with Gasteiger partial charge in [0, 0.05) is 22.4 Å². The summed E-state index contributed by atoms with van der Waals surface area (Å²) in [5.41, 5.74) is 2.78. The molecule has 1 aliphatic carbocycles. The van der Waals surface area contributed by atoms with E-state index in [9.17, 15) is 0 Å². The van der Waals surface area contributed by atoms with E-state index >= 15 is 0 Å². The zero-order valence-electron chi connectivity index (χ0n) is 14.2. The third kappa shape index (κ3) is 3.13. The Labute approximate surface area is 148 Å². The summed E-state index contributed by atoms with van der Waals surface area (Å²) >= 11 is 1.49. The lowest BCUT2D eigenvalue weighted by molar-refractivity contribution is -0.196. The number of rotatable bonds is 5. The zero-order chi connectivity index (χ0) is 16.5. The Kier molecular flexibility index (Phi) is 4.42. The Hall–Kier alpha value is -1.29. The lowest BCUT2D eigenvalue weighted by Crippen LogP contribution is -2.50. The maximum absolute atomic E-state index is 6.38. The van der Waals surface area contributed by atoms with Gasteiger partial charge in [0.1, 0.15) is 0 Å². The number of ether oxygens (including phenoxy) is 1. The molecule has 0 radical (unpaired) electrons. The van der Waals surface area contributed by atoms with Crippen LogP contribution in [0.3, 0.4) is 0 Å². The molecule has 2 aliphatic heterocycles. The van der Waals surface area contributed by atoms with Crippen LogP contribution in [0.15, 0.2) is 59.5 Å². The first-order chi connectivity index (χ1) is 11.7. The number of benzene rings is 2. The average Bonchev–Trinajstić information content (AvgIpc) is 2.66. The molecular formula is C21H24O2S. The van der Waals surface area contributed by atoms with Gasteiger partial charge in [0.15, 0.2) is 0 Å². The summed E-state index contributed by atoms with van der Waals surface area (Å²) in [6.07, 6.45) is 4.60. The molecule has 2 nitrogen and oxygen atoms in total. The van der Waals surface area contributed by atoms with Crippen molar-refractivity contribution in [3.63, 3.8) is 0 Å². The molecule has 0 atom stereocenters. The van der Waals surface area contributed by atoms with Crippen LogP contribution in [0.2, 0.25) is 0 Å². The van der Waals surface area contributed by atoms with Crippen LogP contribution in [0, 0.1) is 12.3 Å². The number of aryl methyl sites for hydroxylation is 1. The van der Waals surface area contributed by atoms with Crippen LogP contribution in [0.4, 0.5) is 0 Å². The van der Waals surface area contributed by atoms with Crippen LogP contribution in [0.5, 0.6) is 0 Å². The van der Waals surface area contributed by atoms with Gasteiger partial charge in [0.25, 0.3) is 0 Å². The molecule has 2 bridgehead atoms. The van der Waals surface area contributed by atoms with E-state index in [1.54, 1.807) is 0 Å². The normalized spacial score (nSPS) is 28.9. The molecule has 0 amide bonds. The number of hydrogen-bond acceptors (Lipinski definition) is 3. The van der Waals surface area contributed by atoms with Crippen LogP contribution >= 0.6 is 12.0 Å². The summed E-state index contributed by atoms with van der Waals surface area (Å²) in [5.74, 6) is 0. The van der Waals surface area contributed by atoms with E-state index in [4.69, 9.17) is 8.92 Å². The molecule has 1 saturated carbocycles. The van der Waals surface area contributed by atoms with Gasteiger partial charge in [-0.15, -0.1) is 0 Å². The Morgan fingerprint density at radius 2 is 1.67 bits per heavy atom. The molecule has 2 saturated heterocycles. The highest BCUT2D eigenvalue weighted by Gasteiger charge is 2.50. The van der Waals surface area contributed by atoms with Crippen LogP contribution in [0.25, 0.3) is 0 Å². The van der Waals surface area contributed by atoms with E-state index in [1.165, 1.54) is 40.9 Å². The van der Waals surface area contributed by atoms with Crippen molar-refractivity contribution in [1.29, 1.82) is 0 Å². The predicted octanol–water partition coefficient (Wildman–Crippen LogP) is 5.50. The summed E-state index contributed by atoms with van der Waals surface area (Å²) in [7, 11) is 0. The largest absolute Gasteiger partial charge is 0.370 e. The SMILES string of the molecule is Cc1ccc(SOCC23CCC(c4ccccc4)(CC2)OC3)cc1. The fourth-order valence-electron chi connectivity index (χ4n) is 3.88. The summed E-state index contributed by atoms with van der Waals surface area (Å²) in [6, 6.07) is 19.2. The van der Waals surface area contributed by atoms with Gasteiger partial charge in [-0.3, -0.25) is 0 Å². The topological polar surface area (TPSA) is 18.5 Å². The van der Waals surface area contributed by atoms with Gasteiger partial charge in [0.2, 0.25) is 0 Å². The molecule has 0 unspecified atom stereocenters.